The van der Waals surface area contributed by atoms with Crippen LogP contribution < -0.4 is 5.32 Å². The van der Waals surface area contributed by atoms with E-state index in [0.29, 0.717) is 5.82 Å². The lowest BCUT2D eigenvalue weighted by atomic mass is 9.84. The van der Waals surface area contributed by atoms with Gasteiger partial charge in [0.1, 0.15) is 0 Å². The van der Waals surface area contributed by atoms with Crippen molar-refractivity contribution in [3.05, 3.63) is 264 Å². The smallest absolute Gasteiger partial charge is 0.160 e. The molecule has 0 saturated carbocycles. The predicted octanol–water partition coefficient (Wildman–Crippen LogP) is 14.9. The van der Waals surface area contributed by atoms with Crippen molar-refractivity contribution >= 4 is 28.0 Å². The van der Waals surface area contributed by atoms with Gasteiger partial charge in [-0.3, -0.25) is 4.99 Å². The fraction of sp³-hybridized carbons (Fsp3) is 0.0500. The molecule has 10 aromatic rings. The number of hydrogen-bond donors (Lipinski definition) is 1. The molecule has 2 unspecified atom stereocenters. The molecule has 4 nitrogen and oxygen atoms in total. The highest BCUT2D eigenvalue weighted by molar-refractivity contribution is 6.12. The molecule has 12 rings (SSSR count). The zero-order valence-corrected chi connectivity index (χ0v) is 35.0. The first-order chi connectivity index (χ1) is 31.7. The van der Waals surface area contributed by atoms with E-state index in [9.17, 15) is 0 Å². The van der Waals surface area contributed by atoms with Gasteiger partial charge < -0.3 is 5.32 Å². The summed E-state index contributed by atoms with van der Waals surface area (Å²) in [6.07, 6.45) is 0. The van der Waals surface area contributed by atoms with Gasteiger partial charge >= 0.3 is 0 Å². The van der Waals surface area contributed by atoms with Crippen LogP contribution in [0.15, 0.2) is 236 Å². The third-order valence-electron chi connectivity index (χ3n) is 12.9. The fourth-order valence-electron chi connectivity index (χ4n) is 9.90. The van der Waals surface area contributed by atoms with Crippen molar-refractivity contribution in [1.82, 2.24) is 9.97 Å². The van der Waals surface area contributed by atoms with Gasteiger partial charge in [-0.25, -0.2) is 9.97 Å². The van der Waals surface area contributed by atoms with Crippen LogP contribution in [0.2, 0.25) is 0 Å². The first-order valence-electron chi connectivity index (χ1n) is 22.0. The van der Waals surface area contributed by atoms with Crippen LogP contribution in [-0.4, -0.2) is 15.7 Å². The number of nitrogens with zero attached hydrogens (tertiary/aromatic N) is 3. The third kappa shape index (κ3) is 6.68. The Balaban J connectivity index is 1.07. The summed E-state index contributed by atoms with van der Waals surface area (Å²) >= 11 is 0. The summed E-state index contributed by atoms with van der Waals surface area (Å²) in [5.41, 5.74) is 18.6. The minimum atomic E-state index is 0.0140. The molecular weight excluding hydrogens is 777 g/mol. The second kappa shape index (κ2) is 15.9. The Labute approximate surface area is 373 Å². The van der Waals surface area contributed by atoms with Crippen molar-refractivity contribution in [2.45, 2.75) is 17.9 Å². The van der Waals surface area contributed by atoms with E-state index in [-0.39, 0.29) is 17.9 Å². The van der Waals surface area contributed by atoms with E-state index in [1.54, 1.807) is 0 Å². The summed E-state index contributed by atoms with van der Waals surface area (Å²) in [6, 6.07) is 82.3. The molecule has 0 saturated heterocycles. The van der Waals surface area contributed by atoms with E-state index >= 15 is 0 Å². The highest BCUT2D eigenvalue weighted by atomic mass is 15.0. The second-order valence-electron chi connectivity index (χ2n) is 16.8. The van der Waals surface area contributed by atoms with Crippen LogP contribution in [0.4, 0.5) is 11.4 Å². The Morgan fingerprint density at radius 3 is 1.62 bits per heavy atom. The van der Waals surface area contributed by atoms with Crippen molar-refractivity contribution in [3.63, 3.8) is 0 Å². The van der Waals surface area contributed by atoms with Gasteiger partial charge in [0.15, 0.2) is 5.82 Å². The maximum absolute atomic E-state index is 5.58. The number of rotatable bonds is 8. The average molecular weight is 819 g/mol. The Bertz CT molecular complexity index is 3330. The highest BCUT2D eigenvalue weighted by Crippen LogP contribution is 2.50. The Morgan fingerprint density at radius 1 is 0.391 bits per heavy atom. The number of anilines is 1. The normalized spacial score (nSPS) is 16.2. The topological polar surface area (TPSA) is 50.2 Å². The molecule has 3 atom stereocenters. The minimum absolute atomic E-state index is 0.0140. The lowest BCUT2D eigenvalue weighted by molar-refractivity contribution is 0.713. The van der Waals surface area contributed by atoms with Crippen LogP contribution >= 0.6 is 0 Å². The van der Waals surface area contributed by atoms with Crippen LogP contribution in [0, 0.1) is 0 Å². The van der Waals surface area contributed by atoms with Crippen molar-refractivity contribution < 1.29 is 0 Å². The number of aliphatic imine (C=N–C) groups is 1. The molecule has 64 heavy (non-hydrogen) atoms. The zero-order valence-electron chi connectivity index (χ0n) is 35.0. The largest absolute Gasteiger partial charge is 0.377 e. The third-order valence-corrected chi connectivity index (χ3v) is 12.9. The molecule has 2 aliphatic rings. The predicted molar refractivity (Wildman–Crippen MR) is 263 cm³/mol. The monoisotopic (exact) mass is 818 g/mol. The van der Waals surface area contributed by atoms with Gasteiger partial charge in [-0.05, 0) is 74.3 Å². The summed E-state index contributed by atoms with van der Waals surface area (Å²) in [4.78, 5) is 16.5. The maximum atomic E-state index is 5.58. The van der Waals surface area contributed by atoms with E-state index in [2.05, 4.69) is 236 Å². The molecule has 0 radical (unpaired) electrons. The van der Waals surface area contributed by atoms with Crippen LogP contribution in [0.25, 0.3) is 55.8 Å². The number of nitrogens with one attached hydrogen (secondary N) is 1. The average Bonchev–Trinajstić information content (AvgIpc) is 3.96. The summed E-state index contributed by atoms with van der Waals surface area (Å²) in [7, 11) is 0. The first kappa shape index (κ1) is 37.5. The number of benzene rings is 9. The van der Waals surface area contributed by atoms with Crippen molar-refractivity contribution in [3.8, 4) is 44.9 Å². The SMILES string of the molecule is c1ccc(C2=Nc3cc(-c4nc(-c5ccc6c(c5)NC(c5ccccc5)C6c5ccccc5)c5cc(-c6ccccc6)cc(-c6ccccc6)c5n4)ccc3[C@H]2c2ccccc2)cc1. The molecule has 4 heteroatoms. The van der Waals surface area contributed by atoms with E-state index < -0.39 is 0 Å². The second-order valence-corrected chi connectivity index (χ2v) is 16.8. The van der Waals surface area contributed by atoms with E-state index in [4.69, 9.17) is 15.0 Å². The molecule has 302 valence electrons. The van der Waals surface area contributed by atoms with Crippen LogP contribution in [0.1, 0.15) is 51.3 Å². The van der Waals surface area contributed by atoms with Gasteiger partial charge in [-0.2, -0.15) is 0 Å². The van der Waals surface area contributed by atoms with E-state index in [1.807, 2.05) is 0 Å². The highest BCUT2D eigenvalue weighted by Gasteiger charge is 2.35. The van der Waals surface area contributed by atoms with Gasteiger partial charge in [-0.15, -0.1) is 0 Å². The maximum Gasteiger partial charge on any atom is 0.160 e. The Kier molecular flexibility index (Phi) is 9.34. The summed E-state index contributed by atoms with van der Waals surface area (Å²) < 4.78 is 0. The molecule has 0 amide bonds. The minimum Gasteiger partial charge on any atom is -0.377 e. The lowest BCUT2D eigenvalue weighted by Crippen LogP contribution is -2.12. The van der Waals surface area contributed by atoms with Gasteiger partial charge in [-0.1, -0.05) is 206 Å². The number of aromatic nitrogens is 2. The molecule has 9 aromatic carbocycles. The fourth-order valence-corrected chi connectivity index (χ4v) is 9.90. The summed E-state index contributed by atoms with van der Waals surface area (Å²) in [5, 5.41) is 4.98. The molecule has 0 spiro atoms. The quantitative estimate of drug-likeness (QED) is 0.166. The van der Waals surface area contributed by atoms with E-state index in [1.165, 1.54) is 27.8 Å². The van der Waals surface area contributed by atoms with Gasteiger partial charge in [0.2, 0.25) is 0 Å². The summed E-state index contributed by atoms with van der Waals surface area (Å²) in [6.45, 7) is 0. The molecule has 0 aliphatic carbocycles. The zero-order chi connectivity index (χ0) is 42.4. The van der Waals surface area contributed by atoms with Gasteiger partial charge in [0, 0.05) is 33.7 Å². The molecule has 0 fully saturated rings. The Hall–Kier alpha value is -8.21. The molecule has 2 aliphatic heterocycles. The molecule has 1 aromatic heterocycles. The van der Waals surface area contributed by atoms with E-state index in [0.717, 1.165) is 72.6 Å². The van der Waals surface area contributed by atoms with Crippen LogP contribution in [-0.2, 0) is 0 Å². The van der Waals surface area contributed by atoms with Gasteiger partial charge in [0.05, 0.1) is 34.6 Å². The number of hydrogen-bond acceptors (Lipinski definition) is 4. The van der Waals surface area contributed by atoms with Crippen molar-refractivity contribution in [1.29, 1.82) is 0 Å². The Morgan fingerprint density at radius 2 is 0.953 bits per heavy atom. The van der Waals surface area contributed by atoms with Gasteiger partial charge in [0.25, 0.3) is 0 Å². The van der Waals surface area contributed by atoms with Crippen LogP contribution in [0.5, 0.6) is 0 Å². The molecular formula is C60H42N4. The standard InChI is InChI=1S/C60H42N4/c1-7-19-39(20-8-1)47-35-50(40-21-9-2-10-22-40)59-51(36-47)56(45-31-33-48-52(37-45)61-57(43-27-15-5-16-28-43)54(48)41-23-11-3-12-24-41)63-60(64-59)46-32-34-49-53(38-46)62-58(44-29-17-6-18-30-44)55(49)42-25-13-4-14-26-42/h1-38,54-55,57,61H/t54?,55-,57?/m1/s1. The molecule has 0 bridgehead atoms. The lowest BCUT2D eigenvalue weighted by Gasteiger charge is -2.21. The number of fused-ring (bicyclic) bond motifs is 3. The molecule has 3 heterocycles. The van der Waals surface area contributed by atoms with Crippen molar-refractivity contribution in [2.24, 2.45) is 4.99 Å². The first-order valence-corrected chi connectivity index (χ1v) is 22.0. The van der Waals surface area contributed by atoms with Crippen LogP contribution in [0.3, 0.4) is 0 Å². The summed E-state index contributed by atoms with van der Waals surface area (Å²) in [5.74, 6) is 0.819. The van der Waals surface area contributed by atoms with Crippen molar-refractivity contribution in [2.75, 3.05) is 5.32 Å². The molecule has 1 N–H and O–H groups in total.